The number of ketones is 1. The number of aromatic nitrogens is 4. The van der Waals surface area contributed by atoms with E-state index in [1.807, 2.05) is 13.8 Å². The normalized spacial score (nSPS) is 15.9. The van der Waals surface area contributed by atoms with Gasteiger partial charge in [-0.2, -0.15) is 0 Å². The number of pyridine rings is 2. The van der Waals surface area contributed by atoms with Crippen LogP contribution in [0.15, 0.2) is 40.2 Å². The zero-order chi connectivity index (χ0) is 25.8. The van der Waals surface area contributed by atoms with E-state index in [4.69, 9.17) is 11.6 Å². The summed E-state index contributed by atoms with van der Waals surface area (Å²) in [7, 11) is -3.09. The molecule has 0 aromatic carbocycles. The van der Waals surface area contributed by atoms with E-state index in [9.17, 15) is 18.0 Å². The lowest BCUT2D eigenvalue weighted by molar-refractivity contribution is -0.120. The van der Waals surface area contributed by atoms with Crippen molar-refractivity contribution in [3.8, 4) is 0 Å². The summed E-state index contributed by atoms with van der Waals surface area (Å²) in [6.45, 7) is 7.53. The highest BCUT2D eigenvalue weighted by atomic mass is 35.5. The minimum Gasteiger partial charge on any atom is -0.297 e. The molecule has 1 fully saturated rings. The Bertz CT molecular complexity index is 1370. The first-order chi connectivity index (χ1) is 16.6. The minimum atomic E-state index is -3.09. The number of Topliss-reactive ketones (excluding diaryl/α,β-unsaturated/α-hetero) is 1. The summed E-state index contributed by atoms with van der Waals surface area (Å²) in [5, 5.41) is 0.292. The fourth-order valence-corrected chi connectivity index (χ4v) is 4.95. The predicted molar refractivity (Wildman–Crippen MR) is 137 cm³/mol. The van der Waals surface area contributed by atoms with Crippen LogP contribution in [-0.2, 0) is 21.1 Å². The molecule has 3 heterocycles. The van der Waals surface area contributed by atoms with Gasteiger partial charge in [0.15, 0.2) is 21.3 Å². The molecule has 1 unspecified atom stereocenters. The average molecular weight is 519 g/mol. The molecule has 1 atom stereocenters. The lowest BCUT2D eigenvalue weighted by atomic mass is 10.1. The Morgan fingerprint density at radius 3 is 2.40 bits per heavy atom. The highest BCUT2D eigenvalue weighted by Gasteiger charge is 2.30. The lowest BCUT2D eigenvalue weighted by Gasteiger charge is -2.17. The molecule has 35 heavy (non-hydrogen) atoms. The molecule has 1 aliphatic carbocycles. The van der Waals surface area contributed by atoms with Crippen LogP contribution >= 0.6 is 11.6 Å². The average Bonchev–Trinajstić information content (AvgIpc) is 3.25. The van der Waals surface area contributed by atoms with Crippen LogP contribution in [0.1, 0.15) is 76.7 Å². The highest BCUT2D eigenvalue weighted by Crippen LogP contribution is 2.28. The van der Waals surface area contributed by atoms with Crippen molar-refractivity contribution in [2.75, 3.05) is 5.75 Å². The number of carbonyl (C=O) groups is 1. The Morgan fingerprint density at radius 1 is 1.11 bits per heavy atom. The Kier molecular flexibility index (Phi) is 8.77. The van der Waals surface area contributed by atoms with Crippen molar-refractivity contribution in [3.05, 3.63) is 57.4 Å². The van der Waals surface area contributed by atoms with Gasteiger partial charge in [-0.15, -0.1) is 0 Å². The topological polar surface area (TPSA) is 112 Å². The summed E-state index contributed by atoms with van der Waals surface area (Å²) in [5.74, 6) is 0.198. The van der Waals surface area contributed by atoms with Gasteiger partial charge in [-0.05, 0) is 43.5 Å². The first-order valence-corrected chi connectivity index (χ1v) is 13.9. The summed E-state index contributed by atoms with van der Waals surface area (Å²) < 4.78 is 24.4. The molecule has 3 aromatic heterocycles. The number of hydrogen-bond donors (Lipinski definition) is 0. The van der Waals surface area contributed by atoms with E-state index in [0.29, 0.717) is 39.7 Å². The van der Waals surface area contributed by atoms with E-state index in [1.54, 1.807) is 31.2 Å². The third-order valence-electron chi connectivity index (χ3n) is 5.90. The Morgan fingerprint density at radius 2 is 1.86 bits per heavy atom. The second-order valence-corrected chi connectivity index (χ2v) is 11.5. The van der Waals surface area contributed by atoms with Crippen LogP contribution in [0.2, 0.25) is 5.15 Å². The van der Waals surface area contributed by atoms with Gasteiger partial charge >= 0.3 is 0 Å². The number of aryl methyl sites for hydroxylation is 1. The van der Waals surface area contributed by atoms with Crippen LogP contribution in [0, 0.1) is 0 Å². The maximum absolute atomic E-state index is 12.7. The molecular formula is C25H31ClN4O4S. The van der Waals surface area contributed by atoms with Crippen molar-refractivity contribution in [3.63, 3.8) is 0 Å². The number of nitrogens with zero attached hydrogens (tertiary/aromatic N) is 4. The Labute approximate surface area is 210 Å². The number of rotatable bonds is 6. The first-order valence-electron chi connectivity index (χ1n) is 11.9. The fourth-order valence-electron chi connectivity index (χ4n) is 3.98. The van der Waals surface area contributed by atoms with Gasteiger partial charge in [0.25, 0.3) is 5.56 Å². The molecule has 3 aromatic rings. The number of fused-ring (bicyclic) bond motifs is 1. The van der Waals surface area contributed by atoms with E-state index in [-0.39, 0.29) is 23.0 Å². The van der Waals surface area contributed by atoms with Crippen LogP contribution in [0.5, 0.6) is 0 Å². The molecule has 0 amide bonds. The molecular weight excluding hydrogens is 488 g/mol. The maximum Gasteiger partial charge on any atom is 0.274 e. The largest absolute Gasteiger partial charge is 0.297 e. The first kappa shape index (κ1) is 26.9. The SMILES string of the molecule is CC(C)c1nc2ccc(Cl)nc2n(C2CCCC2=O)c1=O.CCCc1ccc(S(=O)(=O)CC)cn1. The molecule has 10 heteroatoms. The lowest BCUT2D eigenvalue weighted by Crippen LogP contribution is -2.32. The van der Waals surface area contributed by atoms with E-state index in [1.165, 1.54) is 10.8 Å². The van der Waals surface area contributed by atoms with Gasteiger partial charge in [-0.3, -0.25) is 19.1 Å². The van der Waals surface area contributed by atoms with Gasteiger partial charge in [0.1, 0.15) is 16.4 Å². The molecule has 0 spiro atoms. The number of carbonyl (C=O) groups excluding carboxylic acids is 1. The second-order valence-electron chi connectivity index (χ2n) is 8.82. The predicted octanol–water partition coefficient (Wildman–Crippen LogP) is 4.69. The fraction of sp³-hybridized carbons (Fsp3) is 0.480. The van der Waals surface area contributed by atoms with Gasteiger partial charge in [-0.1, -0.05) is 45.7 Å². The highest BCUT2D eigenvalue weighted by molar-refractivity contribution is 7.91. The summed E-state index contributed by atoms with van der Waals surface area (Å²) in [4.78, 5) is 37.9. The summed E-state index contributed by atoms with van der Waals surface area (Å²) in [6, 6.07) is 6.37. The standard InChI is InChI=1S/C15H16ClN3O2.C10H15NO2S/c1-8(2)13-15(21)19(10-4-3-5-11(10)20)14-9(17-13)6-7-12(16)18-14;1-3-5-9-6-7-10(8-11-9)14(12,13)4-2/h6-8,10H,3-5H2,1-2H3;6-8H,3-5H2,1-2H3. The van der Waals surface area contributed by atoms with Gasteiger partial charge in [-0.25, -0.2) is 18.4 Å². The molecule has 0 radical (unpaired) electrons. The second kappa shape index (κ2) is 11.4. The maximum atomic E-state index is 12.7. The Balaban J connectivity index is 0.000000214. The van der Waals surface area contributed by atoms with E-state index in [2.05, 4.69) is 21.9 Å². The Hall–Kier alpha value is -2.65. The van der Waals surface area contributed by atoms with Crippen molar-refractivity contribution in [2.45, 2.75) is 76.7 Å². The van der Waals surface area contributed by atoms with Crippen molar-refractivity contribution < 1.29 is 13.2 Å². The summed E-state index contributed by atoms with van der Waals surface area (Å²) in [5.41, 5.74) is 2.18. The molecule has 4 rings (SSSR count). The molecule has 8 nitrogen and oxygen atoms in total. The van der Waals surface area contributed by atoms with Crippen molar-refractivity contribution in [2.24, 2.45) is 0 Å². The van der Waals surface area contributed by atoms with Crippen molar-refractivity contribution in [1.29, 1.82) is 0 Å². The quantitative estimate of drug-likeness (QED) is 0.435. The van der Waals surface area contributed by atoms with Gasteiger partial charge in [0, 0.05) is 24.2 Å². The molecule has 188 valence electrons. The third-order valence-corrected chi connectivity index (χ3v) is 7.83. The smallest absolute Gasteiger partial charge is 0.274 e. The van der Waals surface area contributed by atoms with Crippen LogP contribution in [-0.4, -0.2) is 39.5 Å². The van der Waals surface area contributed by atoms with E-state index in [0.717, 1.165) is 25.0 Å². The third kappa shape index (κ3) is 6.13. The van der Waals surface area contributed by atoms with Gasteiger partial charge in [0.05, 0.1) is 16.7 Å². The number of halogens is 1. The van der Waals surface area contributed by atoms with E-state index >= 15 is 0 Å². The van der Waals surface area contributed by atoms with Gasteiger partial charge < -0.3 is 0 Å². The van der Waals surface area contributed by atoms with Crippen molar-refractivity contribution >= 4 is 38.4 Å². The molecule has 1 aliphatic rings. The molecule has 0 N–H and O–H groups in total. The monoisotopic (exact) mass is 518 g/mol. The van der Waals surface area contributed by atoms with Crippen LogP contribution in [0.3, 0.4) is 0 Å². The zero-order valence-electron chi connectivity index (χ0n) is 20.5. The van der Waals surface area contributed by atoms with Crippen LogP contribution in [0.4, 0.5) is 0 Å². The van der Waals surface area contributed by atoms with Crippen LogP contribution < -0.4 is 5.56 Å². The number of sulfone groups is 1. The summed E-state index contributed by atoms with van der Waals surface area (Å²) in [6.07, 6.45) is 5.35. The summed E-state index contributed by atoms with van der Waals surface area (Å²) >= 11 is 5.95. The molecule has 0 bridgehead atoms. The van der Waals surface area contributed by atoms with E-state index < -0.39 is 15.9 Å². The number of hydrogen-bond acceptors (Lipinski definition) is 7. The molecule has 1 saturated carbocycles. The van der Waals surface area contributed by atoms with Crippen LogP contribution in [0.25, 0.3) is 11.2 Å². The minimum absolute atomic E-state index is 0.0136. The van der Waals surface area contributed by atoms with Crippen molar-refractivity contribution in [1.82, 2.24) is 19.5 Å². The van der Waals surface area contributed by atoms with Gasteiger partial charge in [0.2, 0.25) is 0 Å². The molecule has 0 aliphatic heterocycles. The molecule has 0 saturated heterocycles. The zero-order valence-corrected chi connectivity index (χ0v) is 22.1.